The van der Waals surface area contributed by atoms with Gasteiger partial charge in [0, 0.05) is 23.7 Å². The van der Waals surface area contributed by atoms with E-state index in [0.29, 0.717) is 12.0 Å². The van der Waals surface area contributed by atoms with E-state index in [0.717, 1.165) is 35.2 Å². The molecule has 5 atom stereocenters. The lowest BCUT2D eigenvalue weighted by molar-refractivity contribution is -0.0473. The van der Waals surface area contributed by atoms with Gasteiger partial charge in [-0.2, -0.15) is 0 Å². The third-order valence-corrected chi connectivity index (χ3v) is 5.73. The first-order valence-corrected chi connectivity index (χ1v) is 8.70. The summed E-state index contributed by atoms with van der Waals surface area (Å²) in [5, 5.41) is 12.2. The van der Waals surface area contributed by atoms with Gasteiger partial charge in [0.25, 0.3) is 0 Å². The molecule has 2 unspecified atom stereocenters. The second kappa shape index (κ2) is 6.19. The van der Waals surface area contributed by atoms with Gasteiger partial charge in [0.05, 0.1) is 18.7 Å². The van der Waals surface area contributed by atoms with Gasteiger partial charge in [-0.05, 0) is 61.6 Å². The zero-order valence-corrected chi connectivity index (χ0v) is 14.1. The molecular weight excluding hydrogens is 300 g/mol. The van der Waals surface area contributed by atoms with Crippen molar-refractivity contribution in [2.75, 3.05) is 13.7 Å². The van der Waals surface area contributed by atoms with E-state index in [2.05, 4.69) is 16.5 Å². The van der Waals surface area contributed by atoms with Gasteiger partial charge in [-0.3, -0.25) is 9.88 Å². The summed E-state index contributed by atoms with van der Waals surface area (Å²) in [6.07, 6.45) is 6.77. The van der Waals surface area contributed by atoms with Crippen LogP contribution in [0.15, 0.2) is 43.1 Å². The van der Waals surface area contributed by atoms with E-state index >= 15 is 0 Å². The molecule has 0 radical (unpaired) electrons. The van der Waals surface area contributed by atoms with Gasteiger partial charge in [0.1, 0.15) is 5.75 Å². The molecule has 0 spiro atoms. The first-order chi connectivity index (χ1) is 11.7. The summed E-state index contributed by atoms with van der Waals surface area (Å²) >= 11 is 0. The molecule has 3 aliphatic rings. The highest BCUT2D eigenvalue weighted by Gasteiger charge is 2.42. The molecule has 4 heterocycles. The SMILES string of the molecule is C=C[C@@H]1C[C@H]2CCN1[C@H](C(O)c1ccnc3ccc(OC)cc13)C2. The van der Waals surface area contributed by atoms with Crippen LogP contribution in [-0.2, 0) is 0 Å². The Morgan fingerprint density at radius 2 is 2.25 bits per heavy atom. The number of rotatable bonds is 4. The third kappa shape index (κ3) is 2.50. The second-order valence-electron chi connectivity index (χ2n) is 6.96. The fraction of sp³-hybridized carbons (Fsp3) is 0.450. The summed E-state index contributed by atoms with van der Waals surface area (Å²) in [5.41, 5.74) is 1.84. The minimum absolute atomic E-state index is 0.150. The number of ether oxygens (including phenoxy) is 1. The lowest BCUT2D eigenvalue weighted by atomic mass is 9.76. The van der Waals surface area contributed by atoms with Crippen molar-refractivity contribution in [2.24, 2.45) is 5.92 Å². The molecule has 3 aliphatic heterocycles. The Bertz CT molecular complexity index is 760. The Kier molecular flexibility index (Phi) is 4.02. The highest BCUT2D eigenvalue weighted by molar-refractivity contribution is 5.83. The first kappa shape index (κ1) is 15.6. The highest BCUT2D eigenvalue weighted by atomic mass is 16.5. The van der Waals surface area contributed by atoms with E-state index in [1.807, 2.05) is 30.3 Å². The highest BCUT2D eigenvalue weighted by Crippen LogP contribution is 2.42. The Balaban J connectivity index is 1.73. The van der Waals surface area contributed by atoms with Crippen LogP contribution in [0.25, 0.3) is 10.9 Å². The molecule has 0 saturated carbocycles. The maximum Gasteiger partial charge on any atom is 0.119 e. The van der Waals surface area contributed by atoms with Crippen molar-refractivity contribution in [3.8, 4) is 5.75 Å². The summed E-state index contributed by atoms with van der Waals surface area (Å²) in [5.74, 6) is 1.48. The molecule has 1 aromatic carbocycles. The van der Waals surface area contributed by atoms with Gasteiger partial charge in [-0.25, -0.2) is 0 Å². The smallest absolute Gasteiger partial charge is 0.119 e. The summed E-state index contributed by atoms with van der Waals surface area (Å²) in [6, 6.07) is 8.31. The number of fused-ring (bicyclic) bond motifs is 4. The van der Waals surface area contributed by atoms with Crippen LogP contribution in [0.1, 0.15) is 30.9 Å². The van der Waals surface area contributed by atoms with Gasteiger partial charge < -0.3 is 9.84 Å². The number of nitrogens with zero attached hydrogens (tertiary/aromatic N) is 2. The Labute approximate surface area is 142 Å². The van der Waals surface area contributed by atoms with Gasteiger partial charge >= 0.3 is 0 Å². The molecule has 2 aromatic rings. The normalized spacial score (nSPS) is 30.2. The van der Waals surface area contributed by atoms with Crippen molar-refractivity contribution in [1.82, 2.24) is 9.88 Å². The Morgan fingerprint density at radius 1 is 1.38 bits per heavy atom. The van der Waals surface area contributed by atoms with Gasteiger partial charge in [0.2, 0.25) is 0 Å². The molecule has 3 fully saturated rings. The van der Waals surface area contributed by atoms with Crippen LogP contribution < -0.4 is 4.74 Å². The van der Waals surface area contributed by atoms with E-state index in [1.165, 1.54) is 12.8 Å². The molecule has 5 rings (SSSR count). The maximum absolute atomic E-state index is 11.2. The van der Waals surface area contributed by atoms with Crippen molar-refractivity contribution >= 4 is 10.9 Å². The van der Waals surface area contributed by atoms with E-state index in [4.69, 9.17) is 4.74 Å². The number of pyridine rings is 1. The van der Waals surface area contributed by atoms with Crippen LogP contribution in [-0.4, -0.2) is 40.7 Å². The standard InChI is InChI=1S/C20H24N2O2/c1-3-14-10-13-7-9-22(14)19(11-13)20(23)16-6-8-21-18-5-4-15(24-2)12-17(16)18/h3-6,8,12-14,19-20,23H,1,7,9-11H2,2H3/t13-,14-,19+,20?/m1/s1. The minimum Gasteiger partial charge on any atom is -0.497 e. The summed E-state index contributed by atoms with van der Waals surface area (Å²) in [7, 11) is 1.66. The Morgan fingerprint density at radius 3 is 3.00 bits per heavy atom. The largest absolute Gasteiger partial charge is 0.497 e. The minimum atomic E-state index is -0.520. The monoisotopic (exact) mass is 324 g/mol. The second-order valence-corrected chi connectivity index (χ2v) is 6.96. The fourth-order valence-electron chi connectivity index (χ4n) is 4.48. The van der Waals surface area contributed by atoms with E-state index in [-0.39, 0.29) is 6.04 Å². The molecule has 1 aromatic heterocycles. The van der Waals surface area contributed by atoms with Crippen molar-refractivity contribution in [3.63, 3.8) is 0 Å². The Hall–Kier alpha value is -1.91. The predicted octanol–water partition coefficient (Wildman–Crippen LogP) is 3.32. The van der Waals surface area contributed by atoms with Crippen LogP contribution in [0.5, 0.6) is 5.75 Å². The fourth-order valence-corrected chi connectivity index (χ4v) is 4.48. The number of aromatic nitrogens is 1. The number of aliphatic hydroxyl groups excluding tert-OH is 1. The van der Waals surface area contributed by atoms with Gasteiger partial charge in [-0.15, -0.1) is 6.58 Å². The number of methoxy groups -OCH3 is 1. The van der Waals surface area contributed by atoms with E-state index < -0.39 is 6.10 Å². The van der Waals surface area contributed by atoms with Crippen LogP contribution in [0, 0.1) is 5.92 Å². The van der Waals surface area contributed by atoms with Crippen molar-refractivity contribution < 1.29 is 9.84 Å². The zero-order valence-electron chi connectivity index (χ0n) is 14.1. The summed E-state index contributed by atoms with van der Waals surface area (Å²) < 4.78 is 5.35. The molecular formula is C20H24N2O2. The van der Waals surface area contributed by atoms with Crippen molar-refractivity contribution in [3.05, 3.63) is 48.7 Å². The van der Waals surface area contributed by atoms with Crippen LogP contribution >= 0.6 is 0 Å². The van der Waals surface area contributed by atoms with Crippen LogP contribution in [0.4, 0.5) is 0 Å². The number of benzene rings is 1. The average molecular weight is 324 g/mol. The predicted molar refractivity (Wildman–Crippen MR) is 95.1 cm³/mol. The topological polar surface area (TPSA) is 45.6 Å². The molecule has 24 heavy (non-hydrogen) atoms. The molecule has 0 aliphatic carbocycles. The first-order valence-electron chi connectivity index (χ1n) is 8.70. The molecule has 4 heteroatoms. The average Bonchev–Trinajstić information content (AvgIpc) is 2.66. The molecule has 4 nitrogen and oxygen atoms in total. The maximum atomic E-state index is 11.2. The number of hydrogen-bond donors (Lipinski definition) is 1. The van der Waals surface area contributed by atoms with Gasteiger partial charge in [0.15, 0.2) is 0 Å². The quantitative estimate of drug-likeness (QED) is 0.877. The van der Waals surface area contributed by atoms with Crippen LogP contribution in [0.2, 0.25) is 0 Å². The zero-order chi connectivity index (χ0) is 16.7. The number of piperidine rings is 3. The van der Waals surface area contributed by atoms with Crippen molar-refractivity contribution in [2.45, 2.75) is 37.5 Å². The van der Waals surface area contributed by atoms with Crippen LogP contribution in [0.3, 0.4) is 0 Å². The molecule has 126 valence electrons. The summed E-state index contributed by atoms with van der Waals surface area (Å²) in [6.45, 7) is 5.04. The third-order valence-electron chi connectivity index (χ3n) is 5.73. The van der Waals surface area contributed by atoms with Crippen molar-refractivity contribution in [1.29, 1.82) is 0 Å². The molecule has 1 N–H and O–H groups in total. The van der Waals surface area contributed by atoms with E-state index in [9.17, 15) is 5.11 Å². The molecule has 0 amide bonds. The van der Waals surface area contributed by atoms with Gasteiger partial charge in [-0.1, -0.05) is 6.08 Å². The summed E-state index contributed by atoms with van der Waals surface area (Å²) in [4.78, 5) is 6.86. The number of aliphatic hydroxyl groups is 1. The van der Waals surface area contributed by atoms with E-state index in [1.54, 1.807) is 13.3 Å². The molecule has 3 saturated heterocycles. The number of hydrogen-bond acceptors (Lipinski definition) is 4. The lowest BCUT2D eigenvalue weighted by Crippen LogP contribution is -2.55. The lowest BCUT2D eigenvalue weighted by Gasteiger charge is -2.51. The molecule has 2 bridgehead atoms.